The summed E-state index contributed by atoms with van der Waals surface area (Å²) in [6.45, 7) is 7.74. The average Bonchev–Trinajstić information content (AvgIpc) is 2.16. The molecule has 0 aliphatic rings. The molecule has 1 unspecified atom stereocenters. The van der Waals surface area contributed by atoms with Crippen molar-refractivity contribution in [3.63, 3.8) is 0 Å². The molecule has 1 rings (SSSR count). The predicted octanol–water partition coefficient (Wildman–Crippen LogP) is 2.11. The van der Waals surface area contributed by atoms with Gasteiger partial charge in [-0.1, -0.05) is 20.8 Å². The Bertz CT molecular complexity index is 471. The third-order valence-corrected chi connectivity index (χ3v) is 4.33. The van der Waals surface area contributed by atoms with Crippen molar-refractivity contribution in [2.45, 2.75) is 38.6 Å². The molecule has 0 aromatic heterocycles. The van der Waals surface area contributed by atoms with E-state index in [1.807, 2.05) is 27.7 Å². The molecule has 0 aliphatic carbocycles. The van der Waals surface area contributed by atoms with Gasteiger partial charge >= 0.3 is 0 Å². The lowest BCUT2D eigenvalue weighted by atomic mass is 9.89. The standard InChI is InChI=1S/C12H19NO3S/c1-9(12(2,3)4)13-17(15,16)11-7-5-10(14)6-8-11/h5-9,13-14H,1-4H3. The van der Waals surface area contributed by atoms with Crippen LogP contribution >= 0.6 is 0 Å². The maximum Gasteiger partial charge on any atom is 0.240 e. The normalized spacial score (nSPS) is 14.6. The van der Waals surface area contributed by atoms with Crippen LogP contribution < -0.4 is 4.72 Å². The molecule has 17 heavy (non-hydrogen) atoms. The predicted molar refractivity (Wildman–Crippen MR) is 67.3 cm³/mol. The Morgan fingerprint density at radius 3 is 2.06 bits per heavy atom. The highest BCUT2D eigenvalue weighted by Crippen LogP contribution is 2.21. The van der Waals surface area contributed by atoms with Crippen molar-refractivity contribution in [1.29, 1.82) is 0 Å². The number of hydrogen-bond donors (Lipinski definition) is 2. The minimum atomic E-state index is -3.52. The highest BCUT2D eigenvalue weighted by atomic mass is 32.2. The van der Waals surface area contributed by atoms with Gasteiger partial charge in [0.2, 0.25) is 10.0 Å². The number of aromatic hydroxyl groups is 1. The second-order valence-electron chi connectivity index (χ2n) is 5.20. The molecule has 0 saturated carbocycles. The maximum absolute atomic E-state index is 12.0. The van der Waals surface area contributed by atoms with Gasteiger partial charge < -0.3 is 5.11 Å². The highest BCUT2D eigenvalue weighted by Gasteiger charge is 2.25. The van der Waals surface area contributed by atoms with Crippen LogP contribution in [-0.4, -0.2) is 19.6 Å². The molecule has 5 heteroatoms. The Kier molecular flexibility index (Phi) is 3.84. The highest BCUT2D eigenvalue weighted by molar-refractivity contribution is 7.89. The van der Waals surface area contributed by atoms with Crippen LogP contribution in [0.5, 0.6) is 5.75 Å². The number of rotatable bonds is 3. The second kappa shape index (κ2) is 4.66. The summed E-state index contributed by atoms with van der Waals surface area (Å²) in [6, 6.07) is 5.30. The van der Waals surface area contributed by atoms with Crippen LogP contribution in [0.2, 0.25) is 0 Å². The summed E-state index contributed by atoms with van der Waals surface area (Å²) >= 11 is 0. The van der Waals surface area contributed by atoms with Crippen molar-refractivity contribution < 1.29 is 13.5 Å². The number of hydrogen-bond acceptors (Lipinski definition) is 3. The summed E-state index contributed by atoms with van der Waals surface area (Å²) < 4.78 is 26.6. The van der Waals surface area contributed by atoms with E-state index in [-0.39, 0.29) is 22.1 Å². The zero-order chi connectivity index (χ0) is 13.3. The molecule has 0 aliphatic heterocycles. The number of nitrogens with one attached hydrogen (secondary N) is 1. The van der Waals surface area contributed by atoms with Gasteiger partial charge in [0.05, 0.1) is 4.90 Å². The molecule has 0 fully saturated rings. The fourth-order valence-corrected chi connectivity index (χ4v) is 2.55. The largest absolute Gasteiger partial charge is 0.508 e. The lowest BCUT2D eigenvalue weighted by Gasteiger charge is -2.27. The molecule has 4 nitrogen and oxygen atoms in total. The molecule has 1 aromatic carbocycles. The lowest BCUT2D eigenvalue weighted by Crippen LogP contribution is -2.41. The van der Waals surface area contributed by atoms with Gasteiger partial charge in [-0.05, 0) is 36.6 Å². The average molecular weight is 257 g/mol. The fraction of sp³-hybridized carbons (Fsp3) is 0.500. The van der Waals surface area contributed by atoms with Crippen molar-refractivity contribution in [2.75, 3.05) is 0 Å². The maximum atomic E-state index is 12.0. The summed E-state index contributed by atoms with van der Waals surface area (Å²) in [7, 11) is -3.52. The Morgan fingerprint density at radius 2 is 1.65 bits per heavy atom. The monoisotopic (exact) mass is 257 g/mol. The zero-order valence-electron chi connectivity index (χ0n) is 10.6. The summed E-state index contributed by atoms with van der Waals surface area (Å²) in [5.41, 5.74) is -0.149. The zero-order valence-corrected chi connectivity index (χ0v) is 11.4. The van der Waals surface area contributed by atoms with Crippen LogP contribution in [-0.2, 0) is 10.0 Å². The molecule has 0 heterocycles. The molecular weight excluding hydrogens is 238 g/mol. The number of phenols is 1. The Hall–Kier alpha value is -1.07. The topological polar surface area (TPSA) is 66.4 Å². The SMILES string of the molecule is CC(NS(=O)(=O)c1ccc(O)cc1)C(C)(C)C. The molecule has 1 atom stereocenters. The van der Waals surface area contributed by atoms with E-state index in [4.69, 9.17) is 5.11 Å². The molecule has 1 aromatic rings. The Balaban J connectivity index is 2.94. The first-order chi connectivity index (χ1) is 7.63. The minimum absolute atomic E-state index is 0.0489. The Morgan fingerprint density at radius 1 is 1.18 bits per heavy atom. The van der Waals surface area contributed by atoms with Gasteiger partial charge in [0.1, 0.15) is 5.75 Å². The number of sulfonamides is 1. The van der Waals surface area contributed by atoms with E-state index in [9.17, 15) is 8.42 Å². The smallest absolute Gasteiger partial charge is 0.240 e. The van der Waals surface area contributed by atoms with Crippen LogP contribution in [0.3, 0.4) is 0 Å². The van der Waals surface area contributed by atoms with E-state index < -0.39 is 10.0 Å². The van der Waals surface area contributed by atoms with E-state index in [1.165, 1.54) is 24.3 Å². The molecule has 0 bridgehead atoms. The number of phenolic OH excluding ortho intramolecular Hbond substituents is 1. The first kappa shape index (κ1) is 14.0. The first-order valence-corrected chi connectivity index (χ1v) is 6.92. The van der Waals surface area contributed by atoms with Crippen molar-refractivity contribution in [3.8, 4) is 5.75 Å². The first-order valence-electron chi connectivity index (χ1n) is 5.44. The molecule has 0 amide bonds. The molecule has 0 radical (unpaired) electrons. The van der Waals surface area contributed by atoms with Gasteiger partial charge in [-0.25, -0.2) is 13.1 Å². The third-order valence-electron chi connectivity index (χ3n) is 2.78. The van der Waals surface area contributed by atoms with Gasteiger partial charge in [0.15, 0.2) is 0 Å². The van der Waals surface area contributed by atoms with Crippen LogP contribution in [0.1, 0.15) is 27.7 Å². The van der Waals surface area contributed by atoms with E-state index >= 15 is 0 Å². The quantitative estimate of drug-likeness (QED) is 0.871. The number of benzene rings is 1. The van der Waals surface area contributed by atoms with Crippen molar-refractivity contribution in [1.82, 2.24) is 4.72 Å². The van der Waals surface area contributed by atoms with Crippen molar-refractivity contribution in [2.24, 2.45) is 5.41 Å². The Labute approximate surface area is 103 Å². The molecule has 2 N–H and O–H groups in total. The second-order valence-corrected chi connectivity index (χ2v) is 6.92. The van der Waals surface area contributed by atoms with E-state index in [1.54, 1.807) is 0 Å². The summed E-state index contributed by atoms with van der Waals surface area (Å²) in [4.78, 5) is 0.159. The molecule has 96 valence electrons. The van der Waals surface area contributed by atoms with Gasteiger partial charge in [-0.2, -0.15) is 0 Å². The van der Waals surface area contributed by atoms with Crippen LogP contribution in [0.4, 0.5) is 0 Å². The van der Waals surface area contributed by atoms with Gasteiger partial charge in [0.25, 0.3) is 0 Å². The third kappa shape index (κ3) is 3.71. The van der Waals surface area contributed by atoms with Crippen molar-refractivity contribution >= 4 is 10.0 Å². The fourth-order valence-electron chi connectivity index (χ4n) is 1.10. The van der Waals surface area contributed by atoms with E-state index in [0.29, 0.717) is 0 Å². The van der Waals surface area contributed by atoms with Gasteiger partial charge in [0, 0.05) is 6.04 Å². The van der Waals surface area contributed by atoms with Gasteiger partial charge in [-0.3, -0.25) is 0 Å². The van der Waals surface area contributed by atoms with Crippen LogP contribution in [0.25, 0.3) is 0 Å². The van der Waals surface area contributed by atoms with Gasteiger partial charge in [-0.15, -0.1) is 0 Å². The molecule has 0 saturated heterocycles. The van der Waals surface area contributed by atoms with Crippen LogP contribution in [0, 0.1) is 5.41 Å². The van der Waals surface area contributed by atoms with E-state index in [0.717, 1.165) is 0 Å². The summed E-state index contributed by atoms with van der Waals surface area (Å²) in [5.74, 6) is 0.0489. The molecular formula is C12H19NO3S. The molecule has 0 spiro atoms. The lowest BCUT2D eigenvalue weighted by molar-refractivity contribution is 0.317. The summed E-state index contributed by atoms with van der Waals surface area (Å²) in [5, 5.41) is 9.12. The van der Waals surface area contributed by atoms with Crippen LogP contribution in [0.15, 0.2) is 29.2 Å². The van der Waals surface area contributed by atoms with E-state index in [2.05, 4.69) is 4.72 Å². The minimum Gasteiger partial charge on any atom is -0.508 e. The van der Waals surface area contributed by atoms with Crippen molar-refractivity contribution in [3.05, 3.63) is 24.3 Å². The summed E-state index contributed by atoms with van der Waals surface area (Å²) in [6.07, 6.45) is 0.